The van der Waals surface area contributed by atoms with E-state index in [-0.39, 0.29) is 15.2 Å². The summed E-state index contributed by atoms with van der Waals surface area (Å²) in [5.74, 6) is 0.298. The Balaban J connectivity index is 3.07. The molecule has 1 rings (SSSR count). The number of hydroxylamine groups is 2. The Morgan fingerprint density at radius 1 is 1.29 bits per heavy atom. The maximum atomic E-state index is 10.8. The molecule has 0 aliphatic carbocycles. The summed E-state index contributed by atoms with van der Waals surface area (Å²) in [6.45, 7) is 1.24. The predicted molar refractivity (Wildman–Crippen MR) is 54.6 cm³/mol. The van der Waals surface area contributed by atoms with Gasteiger partial charge in [0.25, 0.3) is 0 Å². The Bertz CT molecular complexity index is 278. The molecule has 5 nitrogen and oxygen atoms in total. The highest BCUT2D eigenvalue weighted by atomic mass is 35.5. The van der Waals surface area contributed by atoms with Crippen LogP contribution in [-0.2, 0) is 0 Å². The molecule has 0 bridgehead atoms. The third kappa shape index (κ3) is 2.59. The van der Waals surface area contributed by atoms with Crippen LogP contribution in [-0.4, -0.2) is 23.5 Å². The first-order valence-electron chi connectivity index (χ1n) is 3.63. The van der Waals surface area contributed by atoms with Crippen LogP contribution in [0.4, 0.5) is 0 Å². The first-order valence-corrected chi connectivity index (χ1v) is 4.76. The van der Waals surface area contributed by atoms with E-state index >= 15 is 0 Å². The molecule has 0 aromatic carbocycles. The molecule has 0 aromatic rings. The molecule has 1 aliphatic rings. The van der Waals surface area contributed by atoms with E-state index in [2.05, 4.69) is 10.6 Å². The fourth-order valence-electron chi connectivity index (χ4n) is 0.984. The summed E-state index contributed by atoms with van der Waals surface area (Å²) >= 11 is 16.4. The normalized spacial score (nSPS) is 14.5. The minimum atomic E-state index is -0.395. The minimum absolute atomic E-state index is 0.220. The quantitative estimate of drug-likeness (QED) is 0.654. The third-order valence-corrected chi connectivity index (χ3v) is 2.47. The van der Waals surface area contributed by atoms with Crippen molar-refractivity contribution in [3.63, 3.8) is 0 Å². The van der Waals surface area contributed by atoms with E-state index in [0.717, 1.165) is 0 Å². The van der Waals surface area contributed by atoms with Gasteiger partial charge in [0.05, 0.1) is 5.03 Å². The van der Waals surface area contributed by atoms with Crippen LogP contribution < -0.4 is 10.6 Å². The molecule has 0 saturated carbocycles. The zero-order valence-corrected chi connectivity index (χ0v) is 9.12. The zero-order chi connectivity index (χ0) is 10.7. The van der Waals surface area contributed by atoms with Crippen molar-refractivity contribution in [1.29, 1.82) is 0 Å². The second kappa shape index (κ2) is 4.95. The summed E-state index contributed by atoms with van der Waals surface area (Å²) in [6, 6.07) is 0. The van der Waals surface area contributed by atoms with E-state index in [1.807, 2.05) is 0 Å². The van der Waals surface area contributed by atoms with Gasteiger partial charge in [-0.25, -0.2) is 0 Å². The molecule has 0 spiro atoms. The maximum absolute atomic E-state index is 10.8. The molecule has 1 aliphatic heterocycles. The number of allylic oxidation sites excluding steroid dienone is 1. The number of halogens is 3. The van der Waals surface area contributed by atoms with Crippen LogP contribution in [0.5, 0.6) is 0 Å². The maximum Gasteiger partial charge on any atom is 0.127 e. The van der Waals surface area contributed by atoms with Gasteiger partial charge < -0.3 is 21.1 Å². The lowest BCUT2D eigenvalue weighted by Gasteiger charge is -2.26. The molecule has 8 heteroatoms. The summed E-state index contributed by atoms with van der Waals surface area (Å²) in [7, 11) is 0. The van der Waals surface area contributed by atoms with Gasteiger partial charge in [-0.2, -0.15) is 0 Å². The molecule has 0 aromatic heterocycles. The molecule has 0 atom stereocenters. The van der Waals surface area contributed by atoms with Crippen LogP contribution >= 0.6 is 34.8 Å². The van der Waals surface area contributed by atoms with Gasteiger partial charge in [0.2, 0.25) is 0 Å². The van der Waals surface area contributed by atoms with Gasteiger partial charge in [0.15, 0.2) is 0 Å². The molecule has 1 fully saturated rings. The second-order valence-electron chi connectivity index (χ2n) is 2.42. The van der Waals surface area contributed by atoms with Crippen LogP contribution in [0.2, 0.25) is 0 Å². The summed E-state index contributed by atoms with van der Waals surface area (Å²) in [5.41, 5.74) is -0.232. The third-order valence-electron chi connectivity index (χ3n) is 1.53. The Morgan fingerprint density at radius 3 is 2.14 bits per heavy atom. The van der Waals surface area contributed by atoms with Crippen molar-refractivity contribution in [2.24, 2.45) is 0 Å². The Hall–Kier alpha value is -0.330. The van der Waals surface area contributed by atoms with Gasteiger partial charge in [-0.3, -0.25) is 5.21 Å². The molecule has 0 amide bonds. The summed E-state index contributed by atoms with van der Waals surface area (Å²) < 4.78 is -0.292. The van der Waals surface area contributed by atoms with Crippen molar-refractivity contribution < 1.29 is 5.21 Å². The Kier molecular flexibility index (Phi) is 4.15. The van der Waals surface area contributed by atoms with E-state index in [9.17, 15) is 5.21 Å². The molecular formula is C6H7Cl3N3O2-. The smallest absolute Gasteiger partial charge is 0.127 e. The largest absolute Gasteiger partial charge is 0.733 e. The van der Waals surface area contributed by atoms with Crippen LogP contribution in [0.1, 0.15) is 0 Å². The lowest BCUT2D eigenvalue weighted by atomic mass is 10.4. The standard InChI is InChI=1S/C6H7Cl3N3O2/c7-3(5(8)9)4(12(13)14)6-10-1-2-11-6/h10-11,13H,1-2H2/q-1. The molecular weight excluding hydrogens is 252 g/mol. The van der Waals surface area contributed by atoms with Crippen LogP contribution in [0.15, 0.2) is 21.0 Å². The lowest BCUT2D eigenvalue weighted by Crippen LogP contribution is -2.22. The lowest BCUT2D eigenvalue weighted by molar-refractivity contribution is -0.00146. The molecule has 0 unspecified atom stereocenters. The van der Waals surface area contributed by atoms with Gasteiger partial charge in [-0.05, 0) is 0 Å². The fourth-order valence-corrected chi connectivity index (χ4v) is 1.33. The van der Waals surface area contributed by atoms with Gasteiger partial charge >= 0.3 is 0 Å². The van der Waals surface area contributed by atoms with Crippen molar-refractivity contribution in [3.8, 4) is 0 Å². The highest BCUT2D eigenvalue weighted by Crippen LogP contribution is 2.27. The average Bonchev–Trinajstić information content (AvgIpc) is 2.56. The zero-order valence-electron chi connectivity index (χ0n) is 6.85. The predicted octanol–water partition coefficient (Wildman–Crippen LogP) is 1.42. The number of hydrogen-bond donors (Lipinski definition) is 3. The number of nitrogens with zero attached hydrogens (tertiary/aromatic N) is 1. The van der Waals surface area contributed by atoms with Gasteiger partial charge in [0.1, 0.15) is 16.0 Å². The van der Waals surface area contributed by atoms with Crippen molar-refractivity contribution in [1.82, 2.24) is 15.9 Å². The van der Waals surface area contributed by atoms with E-state index in [1.54, 1.807) is 0 Å². The van der Waals surface area contributed by atoms with Crippen LogP contribution in [0, 0.1) is 5.21 Å². The fraction of sp³-hybridized carbons (Fsp3) is 0.333. The van der Waals surface area contributed by atoms with Crippen molar-refractivity contribution >= 4 is 34.8 Å². The average molecular weight is 260 g/mol. The summed E-state index contributed by atoms with van der Waals surface area (Å²) in [4.78, 5) is 0. The van der Waals surface area contributed by atoms with Crippen molar-refractivity contribution in [3.05, 3.63) is 26.2 Å². The minimum Gasteiger partial charge on any atom is -0.733 e. The second-order valence-corrected chi connectivity index (χ2v) is 3.75. The SMILES string of the molecule is [O-]N(O)C(=C1NCCN1)C(Cl)=C(Cl)Cl. The van der Waals surface area contributed by atoms with E-state index in [1.165, 1.54) is 0 Å². The molecule has 1 saturated heterocycles. The summed E-state index contributed by atoms with van der Waals surface area (Å²) in [6.07, 6.45) is 0. The molecule has 0 radical (unpaired) electrons. The van der Waals surface area contributed by atoms with E-state index in [0.29, 0.717) is 18.9 Å². The molecule has 3 N–H and O–H groups in total. The number of rotatable bonds is 2. The van der Waals surface area contributed by atoms with Gasteiger partial charge in [-0.15, -0.1) is 0 Å². The first kappa shape index (κ1) is 11.7. The molecule has 80 valence electrons. The van der Waals surface area contributed by atoms with E-state index < -0.39 is 5.23 Å². The van der Waals surface area contributed by atoms with Crippen molar-refractivity contribution in [2.75, 3.05) is 13.1 Å². The monoisotopic (exact) mass is 258 g/mol. The summed E-state index contributed by atoms with van der Waals surface area (Å²) in [5, 5.41) is 24.6. The van der Waals surface area contributed by atoms with Crippen LogP contribution in [0.25, 0.3) is 0 Å². The van der Waals surface area contributed by atoms with Crippen molar-refractivity contribution in [2.45, 2.75) is 0 Å². The van der Waals surface area contributed by atoms with Crippen LogP contribution in [0.3, 0.4) is 0 Å². The Morgan fingerprint density at radius 2 is 1.79 bits per heavy atom. The number of nitrogens with one attached hydrogen (secondary N) is 2. The number of hydrogen-bond acceptors (Lipinski definition) is 5. The highest BCUT2D eigenvalue weighted by Gasteiger charge is 2.17. The van der Waals surface area contributed by atoms with Gasteiger partial charge in [-0.1, -0.05) is 34.8 Å². The topological polar surface area (TPSA) is 70.6 Å². The first-order chi connectivity index (χ1) is 6.54. The Labute approximate surface area is 95.4 Å². The molecule has 14 heavy (non-hydrogen) atoms. The highest BCUT2D eigenvalue weighted by molar-refractivity contribution is 6.59. The van der Waals surface area contributed by atoms with E-state index in [4.69, 9.17) is 40.0 Å². The molecule has 1 heterocycles. The van der Waals surface area contributed by atoms with Gasteiger partial charge in [0, 0.05) is 13.1 Å².